The number of sulfonamides is 1. The second kappa shape index (κ2) is 10.6. The third-order valence-electron chi connectivity index (χ3n) is 5.36. The van der Waals surface area contributed by atoms with E-state index >= 15 is 0 Å². The first kappa shape index (κ1) is 25.1. The Kier molecular flexibility index (Phi) is 8.09. The molecule has 182 valence electrons. The van der Waals surface area contributed by atoms with Gasteiger partial charge in [0.1, 0.15) is 5.75 Å². The van der Waals surface area contributed by atoms with Crippen LogP contribution in [-0.4, -0.2) is 53.5 Å². The van der Waals surface area contributed by atoms with Crippen LogP contribution in [0.25, 0.3) is 0 Å². The lowest BCUT2D eigenvalue weighted by Crippen LogP contribution is -2.32. The van der Waals surface area contributed by atoms with Crippen molar-refractivity contribution in [2.45, 2.75) is 37.1 Å². The summed E-state index contributed by atoms with van der Waals surface area (Å²) in [6, 6.07) is 8.12. The zero-order valence-electron chi connectivity index (χ0n) is 18.4. The van der Waals surface area contributed by atoms with Crippen LogP contribution in [0.5, 0.6) is 17.2 Å². The summed E-state index contributed by atoms with van der Waals surface area (Å²) in [6.07, 6.45) is -2.50. The van der Waals surface area contributed by atoms with E-state index in [1.807, 2.05) is 12.1 Å². The van der Waals surface area contributed by atoms with E-state index in [4.69, 9.17) is 9.47 Å². The summed E-state index contributed by atoms with van der Waals surface area (Å²) in [5.74, 6) is 0.950. The first-order valence-corrected chi connectivity index (χ1v) is 11.9. The predicted octanol–water partition coefficient (Wildman–Crippen LogP) is 3.72. The number of unbranched alkanes of at least 4 members (excludes halogenated alkanes) is 1. The fourth-order valence-electron chi connectivity index (χ4n) is 3.70. The van der Waals surface area contributed by atoms with Crippen molar-refractivity contribution in [2.24, 2.45) is 0 Å². The zero-order valence-corrected chi connectivity index (χ0v) is 19.3. The lowest BCUT2D eigenvalue weighted by Gasteiger charge is -2.29. The highest BCUT2D eigenvalue weighted by Crippen LogP contribution is 2.33. The average molecular weight is 489 g/mol. The number of nitrogens with one attached hydrogen (secondary N) is 1. The topological polar surface area (TPSA) is 77.1 Å². The van der Waals surface area contributed by atoms with Crippen LogP contribution in [0.1, 0.15) is 24.0 Å². The molecular weight excluding hydrogens is 461 g/mol. The van der Waals surface area contributed by atoms with Crippen molar-refractivity contribution < 1.29 is 35.8 Å². The van der Waals surface area contributed by atoms with Gasteiger partial charge in [0, 0.05) is 19.6 Å². The lowest BCUT2D eigenvalue weighted by molar-refractivity contribution is -0.274. The first-order chi connectivity index (χ1) is 15.6. The number of ether oxygens (including phenoxy) is 3. The summed E-state index contributed by atoms with van der Waals surface area (Å²) in [7, 11) is -0.583. The Morgan fingerprint density at radius 2 is 1.64 bits per heavy atom. The molecule has 1 N–H and O–H groups in total. The molecule has 3 rings (SSSR count). The number of nitrogens with zero attached hydrogens (tertiary/aromatic N) is 1. The van der Waals surface area contributed by atoms with Crippen molar-refractivity contribution in [1.82, 2.24) is 9.62 Å². The number of methoxy groups -OCH3 is 2. The number of halogens is 3. The molecule has 0 spiro atoms. The molecule has 1 aliphatic heterocycles. The Labute approximate surface area is 191 Å². The van der Waals surface area contributed by atoms with E-state index in [1.54, 1.807) is 14.2 Å². The van der Waals surface area contributed by atoms with E-state index in [2.05, 4.69) is 14.4 Å². The van der Waals surface area contributed by atoms with Gasteiger partial charge in [-0.1, -0.05) is 0 Å². The predicted molar refractivity (Wildman–Crippen MR) is 116 cm³/mol. The Morgan fingerprint density at radius 1 is 1.00 bits per heavy atom. The maximum absolute atomic E-state index is 12.3. The maximum atomic E-state index is 12.3. The minimum atomic E-state index is -4.83. The minimum Gasteiger partial charge on any atom is -0.493 e. The van der Waals surface area contributed by atoms with Crippen LogP contribution in [-0.2, 0) is 23.0 Å². The van der Waals surface area contributed by atoms with E-state index < -0.39 is 22.1 Å². The second-order valence-electron chi connectivity index (χ2n) is 7.63. The smallest absolute Gasteiger partial charge is 0.493 e. The largest absolute Gasteiger partial charge is 0.573 e. The van der Waals surface area contributed by atoms with Gasteiger partial charge in [-0.2, -0.15) is 0 Å². The second-order valence-corrected chi connectivity index (χ2v) is 9.39. The van der Waals surface area contributed by atoms with Crippen LogP contribution < -0.4 is 18.9 Å². The molecule has 0 aromatic heterocycles. The van der Waals surface area contributed by atoms with Crippen LogP contribution in [0.15, 0.2) is 41.3 Å². The molecule has 0 atom stereocenters. The molecule has 0 amide bonds. The van der Waals surface area contributed by atoms with Gasteiger partial charge in [-0.3, -0.25) is 4.90 Å². The SMILES string of the molecule is COc1cc2c(cc1OC)CN(CCCCNS(=O)(=O)c1ccc(OC(F)(F)F)cc1)CC2. The molecule has 7 nitrogen and oxygen atoms in total. The van der Waals surface area contributed by atoms with Crippen molar-refractivity contribution in [3.8, 4) is 17.2 Å². The van der Waals surface area contributed by atoms with Crippen LogP contribution in [0.2, 0.25) is 0 Å². The number of rotatable bonds is 10. The van der Waals surface area contributed by atoms with Crippen LogP contribution in [0.4, 0.5) is 13.2 Å². The molecule has 0 aliphatic carbocycles. The summed E-state index contributed by atoms with van der Waals surface area (Å²) >= 11 is 0. The number of hydrogen-bond donors (Lipinski definition) is 1. The summed E-state index contributed by atoms with van der Waals surface area (Å²) < 4.78 is 78.3. The zero-order chi connectivity index (χ0) is 24.1. The summed E-state index contributed by atoms with van der Waals surface area (Å²) in [6.45, 7) is 2.74. The highest BCUT2D eigenvalue weighted by Gasteiger charge is 2.31. The fraction of sp³-hybridized carbons (Fsp3) is 0.455. The third-order valence-corrected chi connectivity index (χ3v) is 6.83. The molecule has 0 unspecified atom stereocenters. The summed E-state index contributed by atoms with van der Waals surface area (Å²) in [5, 5.41) is 0. The van der Waals surface area contributed by atoms with Crippen molar-refractivity contribution in [3.63, 3.8) is 0 Å². The highest BCUT2D eigenvalue weighted by atomic mass is 32.2. The van der Waals surface area contributed by atoms with Crippen molar-refractivity contribution in [1.29, 1.82) is 0 Å². The van der Waals surface area contributed by atoms with Gasteiger partial charge >= 0.3 is 6.36 Å². The molecule has 0 fully saturated rings. The first-order valence-electron chi connectivity index (χ1n) is 10.4. The fourth-order valence-corrected chi connectivity index (χ4v) is 4.78. The minimum absolute atomic E-state index is 0.117. The lowest BCUT2D eigenvalue weighted by atomic mass is 9.98. The van der Waals surface area contributed by atoms with Gasteiger partial charge in [-0.25, -0.2) is 13.1 Å². The van der Waals surface area contributed by atoms with Gasteiger partial charge in [-0.05, 0) is 73.3 Å². The standard InChI is InChI=1S/C22H27F3N2O5S/c1-30-20-13-16-9-12-27(15-17(16)14-21(20)31-2)11-4-3-10-26-33(28,29)19-7-5-18(6-8-19)32-22(23,24)25/h5-8,13-14,26H,3-4,9-12,15H2,1-2H3. The van der Waals surface area contributed by atoms with Gasteiger partial charge < -0.3 is 14.2 Å². The van der Waals surface area contributed by atoms with Crippen molar-refractivity contribution in [2.75, 3.05) is 33.9 Å². The number of hydrogen-bond acceptors (Lipinski definition) is 6. The maximum Gasteiger partial charge on any atom is 0.573 e. The molecule has 1 aliphatic rings. The van der Waals surface area contributed by atoms with Gasteiger partial charge in [0.25, 0.3) is 0 Å². The number of fused-ring (bicyclic) bond motifs is 1. The molecule has 1 heterocycles. The average Bonchev–Trinajstić information content (AvgIpc) is 2.77. The van der Waals surface area contributed by atoms with Crippen molar-refractivity contribution >= 4 is 10.0 Å². The Hall–Kier alpha value is -2.50. The van der Waals surface area contributed by atoms with Crippen LogP contribution in [0, 0.1) is 0 Å². The van der Waals surface area contributed by atoms with E-state index in [9.17, 15) is 21.6 Å². The highest BCUT2D eigenvalue weighted by molar-refractivity contribution is 7.89. The van der Waals surface area contributed by atoms with E-state index in [0.29, 0.717) is 12.2 Å². The van der Waals surface area contributed by atoms with Gasteiger partial charge in [0.15, 0.2) is 11.5 Å². The normalized spacial score (nSPS) is 14.6. The number of alkyl halides is 3. The molecular formula is C22H27F3N2O5S. The van der Waals surface area contributed by atoms with E-state index in [1.165, 1.54) is 11.1 Å². The molecule has 11 heteroatoms. The summed E-state index contributed by atoms with van der Waals surface area (Å²) in [5.41, 5.74) is 2.43. The number of benzene rings is 2. The van der Waals surface area contributed by atoms with E-state index in [0.717, 1.165) is 62.5 Å². The Morgan fingerprint density at radius 3 is 2.24 bits per heavy atom. The molecule has 0 radical (unpaired) electrons. The van der Waals surface area contributed by atoms with Crippen molar-refractivity contribution in [3.05, 3.63) is 47.5 Å². The monoisotopic (exact) mass is 488 g/mol. The van der Waals surface area contributed by atoms with Crippen LogP contribution in [0.3, 0.4) is 0 Å². The van der Waals surface area contributed by atoms with Gasteiger partial charge in [-0.15, -0.1) is 13.2 Å². The quantitative estimate of drug-likeness (QED) is 0.514. The molecule has 0 bridgehead atoms. The Balaban J connectivity index is 1.44. The Bertz CT molecular complexity index is 1040. The summed E-state index contributed by atoms with van der Waals surface area (Å²) in [4.78, 5) is 2.19. The van der Waals surface area contributed by atoms with Gasteiger partial charge in [0.05, 0.1) is 19.1 Å². The van der Waals surface area contributed by atoms with Crippen LogP contribution >= 0.6 is 0 Å². The third kappa shape index (κ3) is 6.99. The molecule has 0 saturated heterocycles. The molecule has 33 heavy (non-hydrogen) atoms. The van der Waals surface area contributed by atoms with Gasteiger partial charge in [0.2, 0.25) is 10.0 Å². The molecule has 2 aromatic carbocycles. The molecule has 0 saturated carbocycles. The van der Waals surface area contributed by atoms with E-state index in [-0.39, 0.29) is 11.4 Å². The molecule has 2 aromatic rings.